The molecule has 0 fully saturated rings. The van der Waals surface area contributed by atoms with E-state index in [1.807, 2.05) is 49.6 Å². The number of ether oxygens (including phenoxy) is 1. The molecule has 0 unspecified atom stereocenters. The van der Waals surface area contributed by atoms with Crippen LogP contribution in [-0.2, 0) is 11.3 Å². The molecule has 0 radical (unpaired) electrons. The summed E-state index contributed by atoms with van der Waals surface area (Å²) in [6, 6.07) is 11.7. The number of hydrogen-bond acceptors (Lipinski definition) is 4. The summed E-state index contributed by atoms with van der Waals surface area (Å²) in [5.41, 5.74) is 2.33. The molecule has 3 aromatic rings. The van der Waals surface area contributed by atoms with Gasteiger partial charge in [-0.05, 0) is 55.5 Å². The fraction of sp³-hybridized carbons (Fsp3) is 0.263. The highest BCUT2D eigenvalue weighted by Gasteiger charge is 2.17. The van der Waals surface area contributed by atoms with Crippen LogP contribution in [0.1, 0.15) is 22.9 Å². The molecule has 1 aromatic carbocycles. The van der Waals surface area contributed by atoms with Crippen LogP contribution in [0.4, 0.5) is 5.82 Å². The maximum absolute atomic E-state index is 12.4. The molecule has 0 aliphatic carbocycles. The van der Waals surface area contributed by atoms with Crippen molar-refractivity contribution < 1.29 is 9.53 Å². The van der Waals surface area contributed by atoms with E-state index in [2.05, 4.69) is 10.4 Å². The van der Waals surface area contributed by atoms with Gasteiger partial charge in [0.05, 0.1) is 12.7 Å². The number of benzene rings is 1. The van der Waals surface area contributed by atoms with E-state index in [9.17, 15) is 4.79 Å². The zero-order valence-electron chi connectivity index (χ0n) is 14.5. The maximum atomic E-state index is 12.4. The first-order valence-corrected chi connectivity index (χ1v) is 9.00. The van der Waals surface area contributed by atoms with Crippen molar-refractivity contribution in [2.45, 2.75) is 33.4 Å². The van der Waals surface area contributed by atoms with Gasteiger partial charge >= 0.3 is 0 Å². The zero-order valence-corrected chi connectivity index (χ0v) is 15.3. The van der Waals surface area contributed by atoms with E-state index in [0.29, 0.717) is 18.1 Å². The predicted octanol–water partition coefficient (Wildman–Crippen LogP) is 4.02. The number of carbonyl (C=O) groups excluding carboxylic acids is 1. The fourth-order valence-electron chi connectivity index (χ4n) is 2.39. The monoisotopic (exact) mass is 355 g/mol. The second-order valence-corrected chi connectivity index (χ2v) is 6.98. The van der Waals surface area contributed by atoms with Crippen molar-refractivity contribution >= 4 is 23.1 Å². The minimum atomic E-state index is -0.604. The van der Waals surface area contributed by atoms with Gasteiger partial charge in [0.1, 0.15) is 11.6 Å². The highest BCUT2D eigenvalue weighted by atomic mass is 32.1. The van der Waals surface area contributed by atoms with Gasteiger partial charge < -0.3 is 10.1 Å². The fourth-order valence-corrected chi connectivity index (χ4v) is 3.07. The third-order valence-corrected chi connectivity index (χ3v) is 4.88. The number of nitrogens with one attached hydrogen (secondary N) is 1. The normalized spacial score (nSPS) is 12.0. The molecular weight excluding hydrogens is 334 g/mol. The molecule has 25 heavy (non-hydrogen) atoms. The molecule has 1 N–H and O–H groups in total. The van der Waals surface area contributed by atoms with Crippen molar-refractivity contribution in [1.29, 1.82) is 0 Å². The Bertz CT molecular complexity index is 855. The summed E-state index contributed by atoms with van der Waals surface area (Å²) in [5, 5.41) is 9.19. The van der Waals surface area contributed by atoms with Gasteiger partial charge in [-0.1, -0.05) is 12.1 Å². The molecule has 5 nitrogen and oxygen atoms in total. The number of anilines is 1. The SMILES string of the molecule is Cc1ccc(O[C@@H](C)C(=O)Nc2ccnn2Cc2cccs2)cc1C. The molecule has 0 aliphatic rings. The van der Waals surface area contributed by atoms with Crippen LogP contribution in [0.3, 0.4) is 0 Å². The van der Waals surface area contributed by atoms with Crippen molar-refractivity contribution in [1.82, 2.24) is 9.78 Å². The lowest BCUT2D eigenvalue weighted by atomic mass is 10.1. The van der Waals surface area contributed by atoms with E-state index < -0.39 is 6.10 Å². The minimum Gasteiger partial charge on any atom is -0.481 e. The molecule has 2 heterocycles. The standard InChI is InChI=1S/C19H21N3O2S/c1-13-6-7-16(11-14(13)2)24-15(3)19(23)21-18-8-9-20-22(18)12-17-5-4-10-25-17/h4-11,15H,12H2,1-3H3,(H,21,23)/t15-/m0/s1. The summed E-state index contributed by atoms with van der Waals surface area (Å²) < 4.78 is 7.54. The highest BCUT2D eigenvalue weighted by Crippen LogP contribution is 2.19. The van der Waals surface area contributed by atoms with Gasteiger partial charge in [-0.2, -0.15) is 5.10 Å². The zero-order chi connectivity index (χ0) is 17.8. The lowest BCUT2D eigenvalue weighted by Crippen LogP contribution is -2.31. The molecule has 130 valence electrons. The van der Waals surface area contributed by atoms with Crippen molar-refractivity contribution in [2.24, 2.45) is 0 Å². The number of aromatic nitrogens is 2. The number of rotatable bonds is 6. The summed E-state index contributed by atoms with van der Waals surface area (Å²) in [6.07, 6.45) is 1.07. The quantitative estimate of drug-likeness (QED) is 0.727. The van der Waals surface area contributed by atoms with Gasteiger partial charge in [-0.3, -0.25) is 4.79 Å². The second-order valence-electron chi connectivity index (χ2n) is 5.95. The van der Waals surface area contributed by atoms with Gasteiger partial charge in [-0.15, -0.1) is 11.3 Å². The Balaban J connectivity index is 1.63. The van der Waals surface area contributed by atoms with Gasteiger partial charge in [0.2, 0.25) is 0 Å². The summed E-state index contributed by atoms with van der Waals surface area (Å²) in [6.45, 7) is 6.44. The highest BCUT2D eigenvalue weighted by molar-refractivity contribution is 7.09. The van der Waals surface area contributed by atoms with Crippen LogP contribution in [0.15, 0.2) is 48.0 Å². The summed E-state index contributed by atoms with van der Waals surface area (Å²) in [7, 11) is 0. The van der Waals surface area contributed by atoms with Gasteiger partial charge in [0.25, 0.3) is 5.91 Å². The minimum absolute atomic E-state index is 0.203. The van der Waals surface area contributed by atoms with Crippen LogP contribution >= 0.6 is 11.3 Å². The number of carbonyl (C=O) groups is 1. The number of amides is 1. The van der Waals surface area contributed by atoms with Crippen molar-refractivity contribution in [3.05, 3.63) is 64.0 Å². The molecule has 0 aliphatic heterocycles. The third kappa shape index (κ3) is 4.28. The van der Waals surface area contributed by atoms with E-state index in [-0.39, 0.29) is 5.91 Å². The average Bonchev–Trinajstić information content (AvgIpc) is 3.24. The predicted molar refractivity (Wildman–Crippen MR) is 100 cm³/mol. The Morgan fingerprint density at radius 2 is 2.12 bits per heavy atom. The molecule has 1 amide bonds. The molecule has 3 rings (SSSR count). The van der Waals surface area contributed by atoms with Crippen LogP contribution < -0.4 is 10.1 Å². The largest absolute Gasteiger partial charge is 0.481 e. The summed E-state index contributed by atoms with van der Waals surface area (Å²) in [4.78, 5) is 13.6. The Labute approximate surface area is 151 Å². The molecule has 0 saturated heterocycles. The topological polar surface area (TPSA) is 56.1 Å². The molecule has 0 saturated carbocycles. The Hall–Kier alpha value is -2.60. The molecule has 0 spiro atoms. The Kier molecular flexibility index (Phi) is 5.19. The van der Waals surface area contributed by atoms with E-state index >= 15 is 0 Å². The Morgan fingerprint density at radius 3 is 2.84 bits per heavy atom. The number of nitrogens with zero attached hydrogens (tertiary/aromatic N) is 2. The number of thiophene rings is 1. The van der Waals surface area contributed by atoms with Crippen LogP contribution in [0, 0.1) is 13.8 Å². The van der Waals surface area contributed by atoms with Gasteiger partial charge in [-0.25, -0.2) is 4.68 Å². The summed E-state index contributed by atoms with van der Waals surface area (Å²) in [5.74, 6) is 1.15. The van der Waals surface area contributed by atoms with E-state index in [4.69, 9.17) is 4.74 Å². The van der Waals surface area contributed by atoms with Crippen molar-refractivity contribution in [2.75, 3.05) is 5.32 Å². The third-order valence-electron chi connectivity index (χ3n) is 4.01. The van der Waals surface area contributed by atoms with Crippen LogP contribution in [0.2, 0.25) is 0 Å². The summed E-state index contributed by atoms with van der Waals surface area (Å²) >= 11 is 1.66. The smallest absolute Gasteiger partial charge is 0.266 e. The van der Waals surface area contributed by atoms with Gasteiger partial charge in [0.15, 0.2) is 6.10 Å². The van der Waals surface area contributed by atoms with E-state index in [1.165, 1.54) is 10.4 Å². The maximum Gasteiger partial charge on any atom is 0.266 e. The molecule has 2 aromatic heterocycles. The second kappa shape index (κ2) is 7.53. The first kappa shape index (κ1) is 17.2. The van der Waals surface area contributed by atoms with Crippen LogP contribution in [0.5, 0.6) is 5.75 Å². The average molecular weight is 355 g/mol. The Morgan fingerprint density at radius 1 is 1.28 bits per heavy atom. The van der Waals surface area contributed by atoms with Crippen LogP contribution in [0.25, 0.3) is 0 Å². The molecule has 0 bridgehead atoms. The van der Waals surface area contributed by atoms with Crippen LogP contribution in [-0.4, -0.2) is 21.8 Å². The first-order chi connectivity index (χ1) is 12.0. The first-order valence-electron chi connectivity index (χ1n) is 8.12. The molecule has 6 heteroatoms. The van der Waals surface area contributed by atoms with Crippen molar-refractivity contribution in [3.63, 3.8) is 0 Å². The van der Waals surface area contributed by atoms with E-state index in [1.54, 1.807) is 35.2 Å². The molecular formula is C19H21N3O2S. The number of aryl methyl sites for hydroxylation is 2. The molecule has 1 atom stereocenters. The van der Waals surface area contributed by atoms with Crippen molar-refractivity contribution in [3.8, 4) is 5.75 Å². The number of hydrogen-bond donors (Lipinski definition) is 1. The van der Waals surface area contributed by atoms with Gasteiger partial charge in [0, 0.05) is 10.9 Å². The lowest BCUT2D eigenvalue weighted by Gasteiger charge is -2.16. The lowest BCUT2D eigenvalue weighted by molar-refractivity contribution is -0.122. The van der Waals surface area contributed by atoms with E-state index in [0.717, 1.165) is 5.56 Å².